The van der Waals surface area contributed by atoms with Gasteiger partial charge in [-0.2, -0.15) is 5.26 Å². The van der Waals surface area contributed by atoms with Crippen LogP contribution < -0.4 is 10.1 Å². The summed E-state index contributed by atoms with van der Waals surface area (Å²) in [5.41, 5.74) is 3.67. The molecule has 1 fully saturated rings. The third kappa shape index (κ3) is 4.78. The summed E-state index contributed by atoms with van der Waals surface area (Å²) in [6.45, 7) is 1.21. The molecule has 3 heterocycles. The molecule has 1 N–H and O–H groups in total. The highest BCUT2D eigenvalue weighted by atomic mass is 19.1. The van der Waals surface area contributed by atoms with E-state index in [1.54, 1.807) is 56.7 Å². The van der Waals surface area contributed by atoms with Crippen molar-refractivity contribution >= 4 is 22.7 Å². The molecule has 0 aliphatic carbocycles. The summed E-state index contributed by atoms with van der Waals surface area (Å²) >= 11 is 0. The lowest BCUT2D eigenvalue weighted by atomic mass is 10.0. The molecule has 0 atom stereocenters. The second-order valence-electron chi connectivity index (χ2n) is 9.32. The highest BCUT2D eigenvalue weighted by Gasteiger charge is 2.21. The van der Waals surface area contributed by atoms with Gasteiger partial charge in [0.25, 0.3) is 5.91 Å². The third-order valence-electron chi connectivity index (χ3n) is 6.62. The van der Waals surface area contributed by atoms with Crippen LogP contribution in [0.1, 0.15) is 28.8 Å². The third-order valence-corrected chi connectivity index (χ3v) is 6.62. The number of fused-ring (bicyclic) bond motifs is 1. The lowest BCUT2D eigenvalue weighted by Crippen LogP contribution is -2.28. The number of anilines is 1. The van der Waals surface area contributed by atoms with Gasteiger partial charge in [0.2, 0.25) is 0 Å². The summed E-state index contributed by atoms with van der Waals surface area (Å²) in [5.74, 6) is 0.303. The molecule has 0 radical (unpaired) electrons. The van der Waals surface area contributed by atoms with Crippen LogP contribution in [-0.4, -0.2) is 56.3 Å². The Bertz CT molecular complexity index is 1550. The fraction of sp³-hybridized carbons (Fsp3) is 0.276. The Balaban J connectivity index is 1.54. The van der Waals surface area contributed by atoms with Crippen molar-refractivity contribution in [1.29, 1.82) is 5.26 Å². The highest BCUT2D eigenvalue weighted by molar-refractivity contribution is 5.96. The van der Waals surface area contributed by atoms with Crippen LogP contribution in [0.5, 0.6) is 5.75 Å². The number of aromatic nitrogens is 1. The number of amides is 1. The number of furan rings is 1. The van der Waals surface area contributed by atoms with E-state index in [4.69, 9.17) is 13.9 Å². The van der Waals surface area contributed by atoms with Crippen molar-refractivity contribution in [3.63, 3.8) is 0 Å². The first-order valence-corrected chi connectivity index (χ1v) is 12.3. The van der Waals surface area contributed by atoms with Gasteiger partial charge in [-0.05, 0) is 54.8 Å². The average Bonchev–Trinajstić information content (AvgIpc) is 3.38. The number of rotatable bonds is 6. The van der Waals surface area contributed by atoms with Crippen LogP contribution in [0, 0.1) is 17.1 Å². The highest BCUT2D eigenvalue weighted by Crippen LogP contribution is 2.39. The maximum absolute atomic E-state index is 15.3. The number of methoxy groups -OCH3 is 1. The molecule has 194 valence electrons. The van der Waals surface area contributed by atoms with Gasteiger partial charge in [-0.15, -0.1) is 0 Å². The summed E-state index contributed by atoms with van der Waals surface area (Å²) in [6, 6.07) is 13.9. The van der Waals surface area contributed by atoms with Crippen molar-refractivity contribution in [2.24, 2.45) is 0 Å². The summed E-state index contributed by atoms with van der Waals surface area (Å²) < 4.78 is 32.5. The van der Waals surface area contributed by atoms with Crippen LogP contribution in [-0.2, 0) is 4.74 Å². The first kappa shape index (κ1) is 25.2. The Kier molecular flexibility index (Phi) is 6.99. The van der Waals surface area contributed by atoms with Gasteiger partial charge >= 0.3 is 0 Å². The van der Waals surface area contributed by atoms with E-state index in [2.05, 4.69) is 16.4 Å². The minimum Gasteiger partial charge on any atom is -0.496 e. The van der Waals surface area contributed by atoms with Crippen molar-refractivity contribution < 1.29 is 23.1 Å². The van der Waals surface area contributed by atoms with Gasteiger partial charge in [0.15, 0.2) is 5.58 Å². The maximum atomic E-state index is 15.3. The summed E-state index contributed by atoms with van der Waals surface area (Å²) in [5, 5.41) is 13.0. The molecule has 5 rings (SSSR count). The first-order valence-electron chi connectivity index (χ1n) is 12.3. The second-order valence-corrected chi connectivity index (χ2v) is 9.32. The van der Waals surface area contributed by atoms with Crippen molar-refractivity contribution in [2.75, 3.05) is 39.7 Å². The number of nitriles is 1. The Hall–Kier alpha value is -4.42. The monoisotopic (exact) mass is 514 g/mol. The van der Waals surface area contributed by atoms with Gasteiger partial charge in [-0.25, -0.2) is 4.39 Å². The molecule has 38 heavy (non-hydrogen) atoms. The lowest BCUT2D eigenvalue weighted by molar-refractivity contribution is 0.0827. The molecule has 1 saturated heterocycles. The van der Waals surface area contributed by atoms with Crippen molar-refractivity contribution in [2.45, 2.75) is 18.9 Å². The Morgan fingerprint density at radius 3 is 2.66 bits per heavy atom. The quantitative estimate of drug-likeness (QED) is 0.364. The maximum Gasteiger partial charge on any atom is 0.253 e. The minimum absolute atomic E-state index is 0.0471. The van der Waals surface area contributed by atoms with Gasteiger partial charge in [0.1, 0.15) is 28.9 Å². The van der Waals surface area contributed by atoms with E-state index in [0.717, 1.165) is 12.8 Å². The predicted octanol–water partition coefficient (Wildman–Crippen LogP) is 5.47. The lowest BCUT2D eigenvalue weighted by Gasteiger charge is -2.25. The second kappa shape index (κ2) is 10.5. The van der Waals surface area contributed by atoms with Crippen LogP contribution in [0.2, 0.25) is 0 Å². The SMILES string of the molecule is COc1cc(C(=O)N(C)C)ccc1-c1cc2nccc(-c3cc(F)c(NC4CCOCC4)c(C#N)c3)c2o1. The molecule has 4 aromatic rings. The first-order chi connectivity index (χ1) is 18.4. The van der Waals surface area contributed by atoms with E-state index in [0.29, 0.717) is 58.1 Å². The number of nitrogens with one attached hydrogen (secondary N) is 1. The number of carbonyl (C=O) groups excluding carboxylic acids is 1. The van der Waals surface area contributed by atoms with Gasteiger partial charge in [0.05, 0.1) is 23.9 Å². The van der Waals surface area contributed by atoms with Crippen molar-refractivity contribution in [1.82, 2.24) is 9.88 Å². The van der Waals surface area contributed by atoms with E-state index in [1.165, 1.54) is 18.1 Å². The van der Waals surface area contributed by atoms with E-state index >= 15 is 4.39 Å². The van der Waals surface area contributed by atoms with Crippen LogP contribution in [0.25, 0.3) is 33.6 Å². The Labute approximate surface area is 219 Å². The molecule has 1 aliphatic rings. The van der Waals surface area contributed by atoms with Gasteiger partial charge < -0.3 is 24.1 Å². The van der Waals surface area contributed by atoms with E-state index in [1.807, 2.05) is 0 Å². The minimum atomic E-state index is -0.509. The normalized spacial score (nSPS) is 13.8. The number of hydrogen-bond acceptors (Lipinski definition) is 7. The fourth-order valence-electron chi connectivity index (χ4n) is 4.63. The largest absolute Gasteiger partial charge is 0.496 e. The zero-order chi connectivity index (χ0) is 26.8. The van der Waals surface area contributed by atoms with Crippen molar-refractivity contribution in [3.8, 4) is 34.3 Å². The van der Waals surface area contributed by atoms with Crippen molar-refractivity contribution in [3.05, 3.63) is 65.6 Å². The van der Waals surface area contributed by atoms with Crippen LogP contribution in [0.15, 0.2) is 53.1 Å². The number of pyridine rings is 1. The number of carbonyl (C=O) groups is 1. The number of benzene rings is 2. The molecule has 1 amide bonds. The number of halogens is 1. The van der Waals surface area contributed by atoms with E-state index in [9.17, 15) is 10.1 Å². The van der Waals surface area contributed by atoms with Crippen LogP contribution in [0.3, 0.4) is 0 Å². The summed E-state index contributed by atoms with van der Waals surface area (Å²) in [7, 11) is 4.89. The number of hydrogen-bond donors (Lipinski definition) is 1. The zero-order valence-corrected chi connectivity index (χ0v) is 21.4. The molecule has 9 heteroatoms. The van der Waals surface area contributed by atoms with E-state index < -0.39 is 5.82 Å². The van der Waals surface area contributed by atoms with Gasteiger partial charge in [0, 0.05) is 56.7 Å². The smallest absolute Gasteiger partial charge is 0.253 e. The number of nitrogens with zero attached hydrogens (tertiary/aromatic N) is 3. The van der Waals surface area contributed by atoms with Crippen LogP contribution in [0.4, 0.5) is 10.1 Å². The van der Waals surface area contributed by atoms with Gasteiger partial charge in [-0.1, -0.05) is 0 Å². The topological polar surface area (TPSA) is 101 Å². The number of ether oxygens (including phenoxy) is 2. The van der Waals surface area contributed by atoms with Gasteiger partial charge in [-0.3, -0.25) is 9.78 Å². The molecule has 0 unspecified atom stereocenters. The molecule has 0 bridgehead atoms. The van der Waals surface area contributed by atoms with E-state index in [-0.39, 0.29) is 23.2 Å². The summed E-state index contributed by atoms with van der Waals surface area (Å²) in [4.78, 5) is 18.3. The molecule has 2 aromatic heterocycles. The predicted molar refractivity (Wildman–Crippen MR) is 142 cm³/mol. The summed E-state index contributed by atoms with van der Waals surface area (Å²) in [6.07, 6.45) is 3.12. The molecular weight excluding hydrogens is 487 g/mol. The molecule has 1 aliphatic heterocycles. The molecule has 0 saturated carbocycles. The molecule has 8 nitrogen and oxygen atoms in total. The fourth-order valence-corrected chi connectivity index (χ4v) is 4.63. The zero-order valence-electron chi connectivity index (χ0n) is 21.4. The van der Waals surface area contributed by atoms with Crippen LogP contribution >= 0.6 is 0 Å². The molecule has 0 spiro atoms. The average molecular weight is 515 g/mol. The Morgan fingerprint density at radius 1 is 1.16 bits per heavy atom. The molecular formula is C29H27FN4O4. The molecule has 2 aromatic carbocycles. The standard InChI is InChI=1S/C29H27FN4O4/c1-34(2)29(35)17-4-5-22(25(14-17)36-3)26-15-24-28(38-26)21(6-9-32-24)18-12-19(16-31)27(23(30)13-18)33-20-7-10-37-11-8-20/h4-6,9,12-15,20,33H,7-8,10-11H2,1-3H3. The Morgan fingerprint density at radius 2 is 1.95 bits per heavy atom.